The Kier molecular flexibility index (Phi) is 4.84. The van der Waals surface area contributed by atoms with Crippen LogP contribution in [0, 0.1) is 0 Å². The molecule has 3 heterocycles. The quantitative estimate of drug-likeness (QED) is 0.604. The normalized spacial score (nSPS) is 17.6. The van der Waals surface area contributed by atoms with Crippen LogP contribution >= 0.6 is 0 Å². The van der Waals surface area contributed by atoms with Gasteiger partial charge < -0.3 is 19.3 Å². The molecule has 2 aliphatic heterocycles. The molecule has 3 amide bonds. The first kappa shape index (κ1) is 20.1. The van der Waals surface area contributed by atoms with Gasteiger partial charge in [0.2, 0.25) is 0 Å². The highest BCUT2D eigenvalue weighted by Gasteiger charge is 2.48. The van der Waals surface area contributed by atoms with E-state index in [1.165, 1.54) is 0 Å². The molecule has 3 aromatic rings. The lowest BCUT2D eigenvalue weighted by atomic mass is 9.97. The minimum absolute atomic E-state index is 0.100. The number of aliphatic carboxylic acids is 1. The third-order valence-corrected chi connectivity index (χ3v) is 6.36. The Hall–Kier alpha value is -3.81. The van der Waals surface area contributed by atoms with E-state index in [-0.39, 0.29) is 18.9 Å². The minimum atomic E-state index is -1.03. The highest BCUT2D eigenvalue weighted by molar-refractivity contribution is 6.05. The summed E-state index contributed by atoms with van der Waals surface area (Å²) in [5.41, 5.74) is 4.26. The summed E-state index contributed by atoms with van der Waals surface area (Å²) in [5, 5.41) is 10.1. The second kappa shape index (κ2) is 7.71. The molecule has 1 aromatic heterocycles. The molecule has 0 unspecified atom stereocenters. The van der Waals surface area contributed by atoms with Gasteiger partial charge in [-0.25, -0.2) is 4.79 Å². The number of rotatable bonds is 6. The number of carboxylic acids is 1. The maximum atomic E-state index is 12.9. The number of aromatic nitrogens is 1. The lowest BCUT2D eigenvalue weighted by Crippen LogP contribution is -2.40. The van der Waals surface area contributed by atoms with Crippen LogP contribution in [0.1, 0.15) is 23.2 Å². The molecule has 5 rings (SSSR count). The molecule has 0 spiro atoms. The highest BCUT2D eigenvalue weighted by Crippen LogP contribution is 2.37. The van der Waals surface area contributed by atoms with Gasteiger partial charge in [-0.05, 0) is 29.3 Å². The van der Waals surface area contributed by atoms with Crippen molar-refractivity contribution in [3.05, 3.63) is 65.4 Å². The second-order valence-corrected chi connectivity index (χ2v) is 8.14. The third-order valence-electron chi connectivity index (χ3n) is 6.36. The van der Waals surface area contributed by atoms with E-state index in [1.54, 1.807) is 12.0 Å². The number of urea groups is 1. The number of hydrogen-bond acceptors (Lipinski definition) is 4. The van der Waals surface area contributed by atoms with Crippen molar-refractivity contribution in [2.75, 3.05) is 13.7 Å². The summed E-state index contributed by atoms with van der Waals surface area (Å²) in [7, 11) is 1.63. The molecule has 1 fully saturated rings. The zero-order chi connectivity index (χ0) is 22.4. The molecule has 0 saturated carbocycles. The summed E-state index contributed by atoms with van der Waals surface area (Å²) < 4.78 is 7.46. The zero-order valence-electron chi connectivity index (χ0n) is 17.7. The van der Waals surface area contributed by atoms with Crippen molar-refractivity contribution in [2.45, 2.75) is 32.0 Å². The first-order chi connectivity index (χ1) is 15.5. The Morgan fingerprint density at radius 2 is 1.88 bits per heavy atom. The number of carbonyl (C=O) groups is 3. The molecule has 2 aromatic carbocycles. The van der Waals surface area contributed by atoms with Crippen molar-refractivity contribution in [2.24, 2.45) is 0 Å². The van der Waals surface area contributed by atoms with Crippen LogP contribution in [0.25, 0.3) is 10.9 Å². The molecule has 8 nitrogen and oxygen atoms in total. The van der Waals surface area contributed by atoms with Gasteiger partial charge in [-0.3, -0.25) is 14.5 Å². The Morgan fingerprint density at radius 3 is 2.59 bits per heavy atom. The summed E-state index contributed by atoms with van der Waals surface area (Å²) in [6.45, 7) is 0.846. The van der Waals surface area contributed by atoms with Crippen molar-refractivity contribution >= 4 is 28.8 Å². The SMILES string of the molecule is COc1ccc(Cn2c3c(c4ccccc42)C[C@H]2C(=O)N(CCC(=O)O)C(=O)N2C3)cc1. The summed E-state index contributed by atoms with van der Waals surface area (Å²) in [6, 6.07) is 15.0. The number of imide groups is 1. The molecule has 2 aliphatic rings. The number of carboxylic acid groups (broad SMARTS) is 1. The first-order valence-corrected chi connectivity index (χ1v) is 10.5. The summed E-state index contributed by atoms with van der Waals surface area (Å²) in [4.78, 5) is 39.5. The fourth-order valence-corrected chi connectivity index (χ4v) is 4.77. The van der Waals surface area contributed by atoms with Crippen molar-refractivity contribution in [3.8, 4) is 5.75 Å². The Balaban J connectivity index is 1.52. The van der Waals surface area contributed by atoms with Gasteiger partial charge in [0.25, 0.3) is 5.91 Å². The van der Waals surface area contributed by atoms with E-state index in [0.717, 1.165) is 38.4 Å². The average Bonchev–Trinajstić information content (AvgIpc) is 3.23. The molecule has 32 heavy (non-hydrogen) atoms. The Labute approximate surface area is 184 Å². The summed E-state index contributed by atoms with van der Waals surface area (Å²) >= 11 is 0. The number of amides is 3. The largest absolute Gasteiger partial charge is 0.497 e. The van der Waals surface area contributed by atoms with Crippen molar-refractivity contribution < 1.29 is 24.2 Å². The van der Waals surface area contributed by atoms with Crippen LogP contribution in [0.5, 0.6) is 5.75 Å². The minimum Gasteiger partial charge on any atom is -0.497 e. The highest BCUT2D eigenvalue weighted by atomic mass is 16.5. The predicted molar refractivity (Wildman–Crippen MR) is 116 cm³/mol. The van der Waals surface area contributed by atoms with Crippen LogP contribution in [-0.4, -0.2) is 57.1 Å². The number of fused-ring (bicyclic) bond motifs is 4. The molecule has 1 N–H and O–H groups in total. The molecule has 8 heteroatoms. The number of para-hydroxylation sites is 1. The van der Waals surface area contributed by atoms with Gasteiger partial charge in [-0.15, -0.1) is 0 Å². The number of carbonyl (C=O) groups excluding carboxylic acids is 2. The standard InChI is InChI=1S/C24H23N3O5/c1-32-16-8-6-15(7-9-16)13-26-19-5-3-2-4-17(19)18-12-20-23(30)25(11-10-22(28)29)24(31)27(20)14-21(18)26/h2-9,20H,10-14H2,1H3,(H,28,29)/t20-/m0/s1. The van der Waals surface area contributed by atoms with Crippen molar-refractivity contribution in [3.63, 3.8) is 0 Å². The number of nitrogens with zero attached hydrogens (tertiary/aromatic N) is 3. The van der Waals surface area contributed by atoms with Crippen LogP contribution in [-0.2, 0) is 29.1 Å². The monoisotopic (exact) mass is 433 g/mol. The first-order valence-electron chi connectivity index (χ1n) is 10.5. The van der Waals surface area contributed by atoms with E-state index in [0.29, 0.717) is 19.5 Å². The van der Waals surface area contributed by atoms with Gasteiger partial charge in [0.1, 0.15) is 11.8 Å². The number of benzene rings is 2. The van der Waals surface area contributed by atoms with E-state index in [9.17, 15) is 14.4 Å². The zero-order valence-corrected chi connectivity index (χ0v) is 17.7. The van der Waals surface area contributed by atoms with Crippen LogP contribution in [0.4, 0.5) is 4.79 Å². The summed E-state index contributed by atoms with van der Waals surface area (Å²) in [5.74, 6) is -0.553. The van der Waals surface area contributed by atoms with Gasteiger partial charge in [0, 0.05) is 36.1 Å². The van der Waals surface area contributed by atoms with Crippen LogP contribution in [0.2, 0.25) is 0 Å². The lowest BCUT2D eigenvalue weighted by molar-refractivity contribution is -0.137. The van der Waals surface area contributed by atoms with Gasteiger partial charge in [0.05, 0.1) is 20.1 Å². The predicted octanol–water partition coefficient (Wildman–Crippen LogP) is 2.86. The fraction of sp³-hybridized carbons (Fsp3) is 0.292. The molecule has 1 atom stereocenters. The van der Waals surface area contributed by atoms with Gasteiger partial charge in [-0.2, -0.15) is 0 Å². The Morgan fingerprint density at radius 1 is 1.12 bits per heavy atom. The molecule has 0 aliphatic carbocycles. The van der Waals surface area contributed by atoms with Crippen molar-refractivity contribution in [1.29, 1.82) is 0 Å². The maximum absolute atomic E-state index is 12.9. The number of hydrogen-bond donors (Lipinski definition) is 1. The maximum Gasteiger partial charge on any atom is 0.327 e. The van der Waals surface area contributed by atoms with E-state index < -0.39 is 18.0 Å². The molecule has 1 saturated heterocycles. The van der Waals surface area contributed by atoms with Crippen LogP contribution in [0.3, 0.4) is 0 Å². The molecule has 164 valence electrons. The summed E-state index contributed by atoms with van der Waals surface area (Å²) in [6.07, 6.45) is 0.178. The van der Waals surface area contributed by atoms with Gasteiger partial charge in [-0.1, -0.05) is 30.3 Å². The fourth-order valence-electron chi connectivity index (χ4n) is 4.77. The second-order valence-electron chi connectivity index (χ2n) is 8.14. The van der Waals surface area contributed by atoms with E-state index in [4.69, 9.17) is 9.84 Å². The molecule has 0 bridgehead atoms. The van der Waals surface area contributed by atoms with Crippen molar-refractivity contribution in [1.82, 2.24) is 14.4 Å². The smallest absolute Gasteiger partial charge is 0.327 e. The van der Waals surface area contributed by atoms with E-state index >= 15 is 0 Å². The van der Waals surface area contributed by atoms with Gasteiger partial charge in [0.15, 0.2) is 0 Å². The topological polar surface area (TPSA) is 92.1 Å². The molecular formula is C24H23N3O5. The van der Waals surface area contributed by atoms with Crippen LogP contribution < -0.4 is 4.74 Å². The number of ether oxygens (including phenoxy) is 1. The molecular weight excluding hydrogens is 410 g/mol. The van der Waals surface area contributed by atoms with E-state index in [2.05, 4.69) is 16.7 Å². The third kappa shape index (κ3) is 3.19. The average molecular weight is 433 g/mol. The number of methoxy groups -OCH3 is 1. The van der Waals surface area contributed by atoms with Crippen LogP contribution in [0.15, 0.2) is 48.5 Å². The van der Waals surface area contributed by atoms with Gasteiger partial charge >= 0.3 is 12.0 Å². The van der Waals surface area contributed by atoms with E-state index in [1.807, 2.05) is 36.4 Å². The Bertz CT molecular complexity index is 1230. The lowest BCUT2D eigenvalue weighted by Gasteiger charge is -2.28. The molecule has 0 radical (unpaired) electrons.